The van der Waals surface area contributed by atoms with E-state index in [-0.39, 0.29) is 36.3 Å². The van der Waals surface area contributed by atoms with Crippen molar-refractivity contribution in [3.8, 4) is 0 Å². The van der Waals surface area contributed by atoms with Gasteiger partial charge in [0, 0.05) is 26.4 Å². The minimum Gasteiger partial charge on any atom is -0.356 e. The lowest BCUT2D eigenvalue weighted by molar-refractivity contribution is 0.544. The molecule has 1 aromatic carbocycles. The number of rotatable bonds is 6. The van der Waals surface area contributed by atoms with E-state index < -0.39 is 14.6 Å². The maximum atomic E-state index is 13.5. The molecule has 0 aliphatic carbocycles. The molecule has 23 heavy (non-hydrogen) atoms. The molecule has 0 fully saturated rings. The Morgan fingerprint density at radius 2 is 1.87 bits per heavy atom. The molecule has 0 aromatic heterocycles. The molecule has 0 aliphatic heterocycles. The molecule has 1 rings (SSSR count). The summed E-state index contributed by atoms with van der Waals surface area (Å²) in [7, 11) is -1.57. The van der Waals surface area contributed by atoms with Crippen molar-refractivity contribution in [3.63, 3.8) is 0 Å². The molecule has 0 aliphatic rings. The van der Waals surface area contributed by atoms with Crippen molar-refractivity contribution in [2.45, 2.75) is 25.0 Å². The first kappa shape index (κ1) is 22.1. The van der Waals surface area contributed by atoms with Crippen LogP contribution in [-0.2, 0) is 16.3 Å². The number of hydrogen-bond donors (Lipinski definition) is 2. The van der Waals surface area contributed by atoms with Gasteiger partial charge < -0.3 is 10.6 Å². The second kappa shape index (κ2) is 9.41. The van der Waals surface area contributed by atoms with Crippen LogP contribution >= 0.6 is 24.0 Å². The first-order valence-electron chi connectivity index (χ1n) is 7.05. The minimum atomic E-state index is -3.17. The zero-order chi connectivity index (χ0) is 16.8. The predicted octanol–water partition coefficient (Wildman–Crippen LogP) is 1.97. The van der Waals surface area contributed by atoms with E-state index in [0.717, 1.165) is 0 Å². The van der Waals surface area contributed by atoms with Crippen molar-refractivity contribution in [2.24, 2.45) is 4.99 Å². The lowest BCUT2D eigenvalue weighted by atomic mass is 10.1. The third-order valence-corrected chi connectivity index (χ3v) is 5.71. The van der Waals surface area contributed by atoms with Crippen LogP contribution in [0.1, 0.15) is 19.4 Å². The summed E-state index contributed by atoms with van der Waals surface area (Å²) in [5.41, 5.74) is 0.627. The highest BCUT2D eigenvalue weighted by Crippen LogP contribution is 2.13. The highest BCUT2D eigenvalue weighted by atomic mass is 127. The van der Waals surface area contributed by atoms with E-state index in [1.54, 1.807) is 39.1 Å². The molecule has 0 bridgehead atoms. The van der Waals surface area contributed by atoms with Crippen LogP contribution in [0.2, 0.25) is 0 Å². The summed E-state index contributed by atoms with van der Waals surface area (Å²) in [5, 5.41) is 6.03. The monoisotopic (exact) mass is 457 g/mol. The first-order valence-corrected chi connectivity index (χ1v) is 8.94. The normalized spacial score (nSPS) is 12.5. The van der Waals surface area contributed by atoms with E-state index in [0.29, 0.717) is 24.5 Å². The summed E-state index contributed by atoms with van der Waals surface area (Å²) in [6, 6.07) is 6.61. The van der Waals surface area contributed by atoms with Gasteiger partial charge in [0.25, 0.3) is 0 Å². The fraction of sp³-hybridized carbons (Fsp3) is 0.533. The standard InChI is InChI=1S/C15H24FN3O2S.HI/c1-15(2,22(4,20)21)11-19-14(17-3)18-10-9-12-7-5-6-8-13(12)16;/h5-8H,9-11H2,1-4H3,(H2,17,18,19);1H. The molecule has 132 valence electrons. The van der Waals surface area contributed by atoms with Crippen LogP contribution in [0.25, 0.3) is 0 Å². The van der Waals surface area contributed by atoms with E-state index in [9.17, 15) is 12.8 Å². The molecule has 0 saturated heterocycles. The van der Waals surface area contributed by atoms with E-state index in [1.165, 1.54) is 12.3 Å². The first-order chi connectivity index (χ1) is 10.2. The Labute approximate surface area is 155 Å². The van der Waals surface area contributed by atoms with Crippen LogP contribution in [0.4, 0.5) is 4.39 Å². The molecular formula is C15H25FIN3O2S. The SMILES string of the molecule is CN=C(NCCc1ccccc1F)NCC(C)(C)S(C)(=O)=O.I. The van der Waals surface area contributed by atoms with Crippen molar-refractivity contribution in [1.29, 1.82) is 0 Å². The van der Waals surface area contributed by atoms with Gasteiger partial charge in [0.2, 0.25) is 0 Å². The number of benzene rings is 1. The quantitative estimate of drug-likeness (QED) is 0.390. The van der Waals surface area contributed by atoms with Gasteiger partial charge in [-0.15, -0.1) is 24.0 Å². The molecular weight excluding hydrogens is 432 g/mol. The Morgan fingerprint density at radius 3 is 2.39 bits per heavy atom. The highest BCUT2D eigenvalue weighted by Gasteiger charge is 2.30. The van der Waals surface area contributed by atoms with Crippen molar-refractivity contribution < 1.29 is 12.8 Å². The maximum absolute atomic E-state index is 13.5. The average molecular weight is 457 g/mol. The summed E-state index contributed by atoms with van der Waals surface area (Å²) < 4.78 is 35.9. The number of nitrogens with one attached hydrogen (secondary N) is 2. The summed E-state index contributed by atoms with van der Waals surface area (Å²) in [6.45, 7) is 4.05. The third-order valence-electron chi connectivity index (χ3n) is 3.55. The smallest absolute Gasteiger partial charge is 0.191 e. The van der Waals surface area contributed by atoms with Crippen molar-refractivity contribution >= 4 is 39.8 Å². The van der Waals surface area contributed by atoms with Gasteiger partial charge in [-0.05, 0) is 31.9 Å². The van der Waals surface area contributed by atoms with Gasteiger partial charge in [-0.2, -0.15) is 0 Å². The van der Waals surface area contributed by atoms with Gasteiger partial charge in [-0.25, -0.2) is 12.8 Å². The zero-order valence-corrected chi connectivity index (χ0v) is 17.0. The lowest BCUT2D eigenvalue weighted by Crippen LogP contribution is -2.48. The number of sulfone groups is 1. The molecule has 1 aromatic rings. The second-order valence-corrected chi connectivity index (χ2v) is 8.38. The molecule has 0 saturated carbocycles. The molecule has 0 unspecified atom stereocenters. The van der Waals surface area contributed by atoms with E-state index in [2.05, 4.69) is 15.6 Å². The fourth-order valence-corrected chi connectivity index (χ4v) is 2.00. The van der Waals surface area contributed by atoms with Crippen molar-refractivity contribution in [2.75, 3.05) is 26.4 Å². The molecule has 8 heteroatoms. The second-order valence-electron chi connectivity index (χ2n) is 5.73. The molecule has 0 spiro atoms. The van der Waals surface area contributed by atoms with E-state index >= 15 is 0 Å². The highest BCUT2D eigenvalue weighted by molar-refractivity contribution is 14.0. The Bertz CT molecular complexity index is 633. The Morgan fingerprint density at radius 1 is 1.26 bits per heavy atom. The van der Waals surface area contributed by atoms with E-state index in [4.69, 9.17) is 0 Å². The number of nitrogens with zero attached hydrogens (tertiary/aromatic N) is 1. The molecule has 5 nitrogen and oxygen atoms in total. The van der Waals surface area contributed by atoms with Crippen LogP contribution in [0.5, 0.6) is 0 Å². The number of guanidine groups is 1. The number of hydrogen-bond acceptors (Lipinski definition) is 3. The van der Waals surface area contributed by atoms with Crippen LogP contribution in [0, 0.1) is 5.82 Å². The largest absolute Gasteiger partial charge is 0.356 e. The van der Waals surface area contributed by atoms with Gasteiger partial charge in [0.1, 0.15) is 5.82 Å². The van der Waals surface area contributed by atoms with Crippen LogP contribution in [0.3, 0.4) is 0 Å². The Hall–Kier alpha value is -0.900. The Kier molecular flexibility index (Phi) is 9.04. The van der Waals surface area contributed by atoms with E-state index in [1.807, 2.05) is 0 Å². The molecule has 2 N–H and O–H groups in total. The van der Waals surface area contributed by atoms with Gasteiger partial charge in [-0.1, -0.05) is 18.2 Å². The average Bonchev–Trinajstić information content (AvgIpc) is 2.43. The van der Waals surface area contributed by atoms with Crippen molar-refractivity contribution in [3.05, 3.63) is 35.6 Å². The van der Waals surface area contributed by atoms with Gasteiger partial charge in [0.05, 0.1) is 4.75 Å². The fourth-order valence-electron chi connectivity index (χ4n) is 1.67. The zero-order valence-electron chi connectivity index (χ0n) is 13.9. The predicted molar refractivity (Wildman–Crippen MR) is 104 cm³/mol. The van der Waals surface area contributed by atoms with Gasteiger partial charge in [-0.3, -0.25) is 4.99 Å². The lowest BCUT2D eigenvalue weighted by Gasteiger charge is -2.24. The molecule has 0 heterocycles. The van der Waals surface area contributed by atoms with Crippen LogP contribution in [-0.4, -0.2) is 45.5 Å². The number of aliphatic imine (C=N–C) groups is 1. The summed E-state index contributed by atoms with van der Waals surface area (Å²) in [4.78, 5) is 4.03. The van der Waals surface area contributed by atoms with Crippen molar-refractivity contribution in [1.82, 2.24) is 10.6 Å². The third kappa shape index (κ3) is 7.03. The van der Waals surface area contributed by atoms with Gasteiger partial charge >= 0.3 is 0 Å². The topological polar surface area (TPSA) is 70.6 Å². The van der Waals surface area contributed by atoms with Crippen LogP contribution < -0.4 is 10.6 Å². The summed E-state index contributed by atoms with van der Waals surface area (Å²) in [6.07, 6.45) is 1.73. The Balaban J connectivity index is 0.00000484. The van der Waals surface area contributed by atoms with Gasteiger partial charge in [0.15, 0.2) is 15.8 Å². The maximum Gasteiger partial charge on any atom is 0.191 e. The summed E-state index contributed by atoms with van der Waals surface area (Å²) >= 11 is 0. The molecule has 0 atom stereocenters. The summed E-state index contributed by atoms with van der Waals surface area (Å²) in [5.74, 6) is 0.263. The van der Waals surface area contributed by atoms with Crippen LogP contribution in [0.15, 0.2) is 29.3 Å². The minimum absolute atomic E-state index is 0. The molecule has 0 amide bonds. The molecule has 0 radical (unpaired) electrons. The number of halogens is 2.